The summed E-state index contributed by atoms with van der Waals surface area (Å²) in [4.78, 5) is 22.5. The summed E-state index contributed by atoms with van der Waals surface area (Å²) < 4.78 is 1.87. The lowest BCUT2D eigenvalue weighted by atomic mass is 10.1. The standard InChI is InChI=1S/C18H14Cl2N4O2/c19-12-2-1-10-13(23-4-3-21-8-23)6-14(22-16(10)15(12)20)24-7-9-5-11(9)17(24)18(25)26/h1-4,6,8-9,11,17H,5,7H2,(H,25,26)/t9?,11-,17-/m0/s1. The van der Waals surface area contributed by atoms with Crippen molar-refractivity contribution < 1.29 is 9.90 Å². The topological polar surface area (TPSA) is 71.2 Å². The summed E-state index contributed by atoms with van der Waals surface area (Å²) in [6, 6.07) is 4.96. The first-order valence-electron chi connectivity index (χ1n) is 8.31. The van der Waals surface area contributed by atoms with Gasteiger partial charge in [0.1, 0.15) is 11.9 Å². The number of carbonyl (C=O) groups is 1. The van der Waals surface area contributed by atoms with Crippen LogP contribution in [-0.2, 0) is 4.79 Å². The number of aliphatic carboxylic acids is 1. The number of halogens is 2. The summed E-state index contributed by atoms with van der Waals surface area (Å²) in [6.07, 6.45) is 6.19. The normalized spacial score (nSPS) is 24.1. The predicted molar refractivity (Wildman–Crippen MR) is 99.3 cm³/mol. The van der Waals surface area contributed by atoms with E-state index in [2.05, 4.69) is 9.97 Å². The van der Waals surface area contributed by atoms with Gasteiger partial charge in [0.2, 0.25) is 0 Å². The molecule has 1 N–H and O–H groups in total. The van der Waals surface area contributed by atoms with E-state index < -0.39 is 12.0 Å². The van der Waals surface area contributed by atoms with Gasteiger partial charge in [0.05, 0.1) is 27.6 Å². The van der Waals surface area contributed by atoms with Crippen LogP contribution in [-0.4, -0.2) is 38.2 Å². The minimum absolute atomic E-state index is 0.205. The van der Waals surface area contributed by atoms with E-state index >= 15 is 0 Å². The highest BCUT2D eigenvalue weighted by atomic mass is 35.5. The zero-order valence-electron chi connectivity index (χ0n) is 13.5. The number of benzene rings is 1. The second-order valence-corrected chi connectivity index (χ2v) is 7.61. The summed E-state index contributed by atoms with van der Waals surface area (Å²) in [5, 5.41) is 11.3. The van der Waals surface area contributed by atoms with Crippen molar-refractivity contribution in [3.05, 3.63) is 47.0 Å². The second kappa shape index (κ2) is 5.59. The molecule has 1 saturated carbocycles. The maximum Gasteiger partial charge on any atom is 0.326 e. The predicted octanol–water partition coefficient (Wildman–Crippen LogP) is 3.64. The van der Waals surface area contributed by atoms with Gasteiger partial charge in [-0.3, -0.25) is 0 Å². The molecule has 3 atom stereocenters. The van der Waals surface area contributed by atoms with Gasteiger partial charge in [0.15, 0.2) is 0 Å². The lowest BCUT2D eigenvalue weighted by molar-refractivity contribution is -0.138. The SMILES string of the molecule is O=C(O)[C@@H]1[C@H]2CC2CN1c1cc(-n2ccnc2)c2ccc(Cl)c(Cl)c2n1. The Kier molecular flexibility index (Phi) is 3.42. The Labute approximate surface area is 159 Å². The molecule has 5 rings (SSSR count). The van der Waals surface area contributed by atoms with Gasteiger partial charge >= 0.3 is 5.97 Å². The average Bonchev–Trinajstić information content (AvgIpc) is 3.05. The fourth-order valence-corrected chi connectivity index (χ4v) is 4.34. The highest BCUT2D eigenvalue weighted by Crippen LogP contribution is 2.51. The summed E-state index contributed by atoms with van der Waals surface area (Å²) in [5.74, 6) is 0.430. The number of imidazole rings is 1. The Morgan fingerprint density at radius 3 is 2.88 bits per heavy atom. The van der Waals surface area contributed by atoms with Crippen LogP contribution in [0, 0.1) is 11.8 Å². The van der Waals surface area contributed by atoms with Crippen LogP contribution in [0.5, 0.6) is 0 Å². The van der Waals surface area contributed by atoms with Crippen LogP contribution in [0.15, 0.2) is 36.9 Å². The molecule has 0 amide bonds. The Morgan fingerprint density at radius 2 is 2.15 bits per heavy atom. The third kappa shape index (κ3) is 2.29. The van der Waals surface area contributed by atoms with Crippen LogP contribution in [0.1, 0.15) is 6.42 Å². The van der Waals surface area contributed by atoms with Crippen molar-refractivity contribution in [2.75, 3.05) is 11.4 Å². The number of fused-ring (bicyclic) bond motifs is 2. The third-order valence-corrected chi connectivity index (χ3v) is 6.11. The maximum atomic E-state index is 11.8. The van der Waals surface area contributed by atoms with Crippen molar-refractivity contribution in [2.24, 2.45) is 11.8 Å². The minimum atomic E-state index is -0.807. The van der Waals surface area contributed by atoms with E-state index in [1.165, 1.54) is 0 Å². The molecular formula is C18H14Cl2N4O2. The molecule has 0 bridgehead atoms. The van der Waals surface area contributed by atoms with Crippen LogP contribution in [0.3, 0.4) is 0 Å². The van der Waals surface area contributed by atoms with Crippen LogP contribution in [0.25, 0.3) is 16.6 Å². The molecule has 0 radical (unpaired) electrons. The van der Waals surface area contributed by atoms with Crippen molar-refractivity contribution in [3.63, 3.8) is 0 Å². The molecule has 132 valence electrons. The molecule has 1 aliphatic heterocycles. The molecule has 3 heterocycles. The number of nitrogens with zero attached hydrogens (tertiary/aromatic N) is 4. The molecule has 1 unspecified atom stereocenters. The number of rotatable bonds is 3. The van der Waals surface area contributed by atoms with Gasteiger partial charge in [0.25, 0.3) is 0 Å². The molecule has 2 aromatic heterocycles. The highest BCUT2D eigenvalue weighted by Gasteiger charge is 2.56. The van der Waals surface area contributed by atoms with Gasteiger partial charge in [0, 0.05) is 30.4 Å². The van der Waals surface area contributed by atoms with E-state index in [-0.39, 0.29) is 5.92 Å². The quantitative estimate of drug-likeness (QED) is 0.741. The lowest BCUT2D eigenvalue weighted by Crippen LogP contribution is -2.40. The number of piperidine rings is 1. The van der Waals surface area contributed by atoms with Crippen LogP contribution >= 0.6 is 23.2 Å². The van der Waals surface area contributed by atoms with Crippen molar-refractivity contribution in [1.82, 2.24) is 14.5 Å². The zero-order chi connectivity index (χ0) is 18.0. The van der Waals surface area contributed by atoms with E-state index in [0.717, 1.165) is 17.5 Å². The Bertz CT molecular complexity index is 1040. The second-order valence-electron chi connectivity index (χ2n) is 6.82. The Morgan fingerprint density at radius 1 is 1.31 bits per heavy atom. The minimum Gasteiger partial charge on any atom is -0.480 e. The summed E-state index contributed by atoms with van der Waals surface area (Å²) >= 11 is 12.6. The molecule has 3 aromatic rings. The number of hydrogen-bond acceptors (Lipinski definition) is 4. The molecule has 2 aliphatic rings. The fraction of sp³-hybridized carbons (Fsp3) is 0.278. The molecule has 1 aliphatic carbocycles. The smallest absolute Gasteiger partial charge is 0.326 e. The molecule has 6 nitrogen and oxygen atoms in total. The van der Waals surface area contributed by atoms with Gasteiger partial charge in [-0.15, -0.1) is 0 Å². The molecule has 0 spiro atoms. The number of carboxylic acids is 1. The fourth-order valence-electron chi connectivity index (χ4n) is 3.98. The third-order valence-electron chi connectivity index (χ3n) is 5.32. The summed E-state index contributed by atoms with van der Waals surface area (Å²) in [6.45, 7) is 0.696. The zero-order valence-corrected chi connectivity index (χ0v) is 15.0. The van der Waals surface area contributed by atoms with Gasteiger partial charge in [-0.05, 0) is 30.4 Å². The molecule has 8 heteroatoms. The largest absolute Gasteiger partial charge is 0.480 e. The monoisotopic (exact) mass is 388 g/mol. The molecule has 2 fully saturated rings. The first-order chi connectivity index (χ1) is 12.5. The number of carboxylic acid groups (broad SMARTS) is 1. The first-order valence-corrected chi connectivity index (χ1v) is 9.06. The van der Waals surface area contributed by atoms with Crippen molar-refractivity contribution in [1.29, 1.82) is 0 Å². The molecule has 1 saturated heterocycles. The van der Waals surface area contributed by atoms with E-state index in [1.54, 1.807) is 18.6 Å². The Balaban J connectivity index is 1.74. The summed E-state index contributed by atoms with van der Waals surface area (Å²) in [5.41, 5.74) is 1.40. The number of pyridine rings is 1. The number of hydrogen-bond donors (Lipinski definition) is 1. The van der Waals surface area contributed by atoms with Gasteiger partial charge < -0.3 is 14.6 Å². The maximum absolute atomic E-state index is 11.8. The molecular weight excluding hydrogens is 375 g/mol. The van der Waals surface area contributed by atoms with Crippen molar-refractivity contribution in [2.45, 2.75) is 12.5 Å². The summed E-state index contributed by atoms with van der Waals surface area (Å²) in [7, 11) is 0. The van der Waals surface area contributed by atoms with Crippen LogP contribution in [0.2, 0.25) is 10.0 Å². The van der Waals surface area contributed by atoms with E-state index in [9.17, 15) is 9.90 Å². The number of anilines is 1. The van der Waals surface area contributed by atoms with Crippen LogP contribution in [0.4, 0.5) is 5.82 Å². The van der Waals surface area contributed by atoms with Gasteiger partial charge in [-0.1, -0.05) is 23.2 Å². The van der Waals surface area contributed by atoms with Gasteiger partial charge in [-0.2, -0.15) is 0 Å². The average molecular weight is 389 g/mol. The lowest BCUT2D eigenvalue weighted by Gasteiger charge is -2.26. The van der Waals surface area contributed by atoms with Crippen molar-refractivity contribution in [3.8, 4) is 5.69 Å². The molecule has 26 heavy (non-hydrogen) atoms. The number of aromatic nitrogens is 3. The van der Waals surface area contributed by atoms with Crippen molar-refractivity contribution >= 4 is 45.9 Å². The van der Waals surface area contributed by atoms with Gasteiger partial charge in [-0.25, -0.2) is 14.8 Å². The van der Waals surface area contributed by atoms with Crippen LogP contribution < -0.4 is 4.90 Å². The highest BCUT2D eigenvalue weighted by molar-refractivity contribution is 6.45. The first kappa shape index (κ1) is 15.9. The van der Waals surface area contributed by atoms with E-state index in [0.29, 0.717) is 33.8 Å². The van der Waals surface area contributed by atoms with E-state index in [1.807, 2.05) is 27.8 Å². The molecule has 1 aromatic carbocycles. The Hall–Kier alpha value is -2.31. The van der Waals surface area contributed by atoms with E-state index in [4.69, 9.17) is 23.2 Å².